The van der Waals surface area contributed by atoms with Gasteiger partial charge in [0.05, 0.1) is 7.11 Å². The second kappa shape index (κ2) is 6.67. The van der Waals surface area contributed by atoms with Gasteiger partial charge in [-0.1, -0.05) is 18.2 Å². The van der Waals surface area contributed by atoms with Crippen LogP contribution in [0.3, 0.4) is 0 Å². The Morgan fingerprint density at radius 2 is 2.18 bits per heavy atom. The molecule has 0 spiro atoms. The number of esters is 1. The maximum Gasteiger partial charge on any atom is 0.328 e. The molecule has 0 amide bonds. The van der Waals surface area contributed by atoms with Gasteiger partial charge in [0.25, 0.3) is 0 Å². The van der Waals surface area contributed by atoms with Gasteiger partial charge in [0.15, 0.2) is 0 Å². The summed E-state index contributed by atoms with van der Waals surface area (Å²) >= 11 is 0. The fraction of sp³-hybridized carbons (Fsp3) is 0.588. The lowest BCUT2D eigenvalue weighted by atomic mass is 9.88. The second-order valence-electron chi connectivity index (χ2n) is 6.28. The summed E-state index contributed by atoms with van der Waals surface area (Å²) in [5.41, 5.74) is 6.75. The molecule has 2 fully saturated rings. The van der Waals surface area contributed by atoms with Crippen molar-refractivity contribution < 1.29 is 14.3 Å². The van der Waals surface area contributed by atoms with Crippen LogP contribution >= 0.6 is 0 Å². The number of para-hydroxylation sites is 1. The van der Waals surface area contributed by atoms with E-state index in [4.69, 9.17) is 15.2 Å². The standard InChI is InChI=1S/C17H24N2O3/c1-21-15-7-3-2-6-14(15)16(18)17(20)22-13-9-12-5-4-8-19(10-12)11-13/h2-3,6-7,12-13,16H,4-5,8-11,18H2,1H3/t12?,13-,16?/m1/s1. The molecular weight excluding hydrogens is 280 g/mol. The number of nitrogens with zero attached hydrogens (tertiary/aromatic N) is 1. The molecule has 2 N–H and O–H groups in total. The molecule has 2 aliphatic heterocycles. The average molecular weight is 304 g/mol. The van der Waals surface area contributed by atoms with Crippen LogP contribution in [0.25, 0.3) is 0 Å². The molecule has 2 heterocycles. The summed E-state index contributed by atoms with van der Waals surface area (Å²) in [5.74, 6) is 0.912. The summed E-state index contributed by atoms with van der Waals surface area (Å²) in [6, 6.07) is 6.52. The molecule has 5 nitrogen and oxygen atoms in total. The van der Waals surface area contributed by atoms with Crippen molar-refractivity contribution in [2.24, 2.45) is 11.7 Å². The van der Waals surface area contributed by atoms with Crippen molar-refractivity contribution in [3.05, 3.63) is 29.8 Å². The van der Waals surface area contributed by atoms with Gasteiger partial charge in [-0.2, -0.15) is 0 Å². The number of rotatable bonds is 4. The molecule has 3 unspecified atom stereocenters. The van der Waals surface area contributed by atoms with Crippen molar-refractivity contribution in [3.8, 4) is 5.75 Å². The van der Waals surface area contributed by atoms with E-state index in [0.29, 0.717) is 17.2 Å². The fourth-order valence-corrected chi connectivity index (χ4v) is 3.62. The van der Waals surface area contributed by atoms with E-state index in [2.05, 4.69) is 4.90 Å². The summed E-state index contributed by atoms with van der Waals surface area (Å²) in [7, 11) is 1.58. The molecular formula is C17H24N2O3. The SMILES string of the molecule is COc1ccccc1C(N)C(=O)O[C@@H]1CC2CCCN(C2)C1. The first-order valence-corrected chi connectivity index (χ1v) is 7.98. The van der Waals surface area contributed by atoms with Crippen LogP contribution in [-0.2, 0) is 9.53 Å². The van der Waals surface area contributed by atoms with Gasteiger partial charge in [-0.3, -0.25) is 4.90 Å². The smallest absolute Gasteiger partial charge is 0.328 e. The Hall–Kier alpha value is -1.59. The molecule has 0 aromatic heterocycles. The number of hydrogen-bond donors (Lipinski definition) is 1. The first-order chi connectivity index (χ1) is 10.7. The number of nitrogens with two attached hydrogens (primary N) is 1. The van der Waals surface area contributed by atoms with Gasteiger partial charge >= 0.3 is 5.97 Å². The molecule has 2 saturated heterocycles. The highest BCUT2D eigenvalue weighted by molar-refractivity contribution is 5.78. The Morgan fingerprint density at radius 1 is 1.36 bits per heavy atom. The topological polar surface area (TPSA) is 64.8 Å². The Bertz CT molecular complexity index is 522. The van der Waals surface area contributed by atoms with E-state index in [-0.39, 0.29) is 12.1 Å². The van der Waals surface area contributed by atoms with Crippen LogP contribution in [0.1, 0.15) is 30.9 Å². The van der Waals surface area contributed by atoms with Gasteiger partial charge in [-0.25, -0.2) is 4.79 Å². The van der Waals surface area contributed by atoms with E-state index in [1.165, 1.54) is 12.8 Å². The number of benzene rings is 1. The van der Waals surface area contributed by atoms with Gasteiger partial charge in [0.2, 0.25) is 0 Å². The van der Waals surface area contributed by atoms with Crippen LogP contribution < -0.4 is 10.5 Å². The highest BCUT2D eigenvalue weighted by Gasteiger charge is 2.33. The largest absolute Gasteiger partial charge is 0.496 e. The number of ether oxygens (including phenoxy) is 2. The Labute approximate surface area is 131 Å². The maximum absolute atomic E-state index is 12.4. The zero-order chi connectivity index (χ0) is 15.5. The number of carbonyl (C=O) groups is 1. The molecule has 0 saturated carbocycles. The van der Waals surface area contributed by atoms with E-state index < -0.39 is 6.04 Å². The van der Waals surface area contributed by atoms with Gasteiger partial charge in [-0.05, 0) is 37.8 Å². The first kappa shape index (κ1) is 15.3. The summed E-state index contributed by atoms with van der Waals surface area (Å²) in [5, 5.41) is 0. The minimum atomic E-state index is -0.798. The number of methoxy groups -OCH3 is 1. The van der Waals surface area contributed by atoms with Crippen molar-refractivity contribution >= 4 is 5.97 Å². The van der Waals surface area contributed by atoms with E-state index in [1.807, 2.05) is 18.2 Å². The molecule has 1 aromatic rings. The lowest BCUT2D eigenvalue weighted by molar-refractivity contribution is -0.155. The van der Waals surface area contributed by atoms with E-state index in [9.17, 15) is 4.79 Å². The molecule has 3 rings (SSSR count). The third-order valence-corrected chi connectivity index (χ3v) is 4.67. The minimum absolute atomic E-state index is 0.0349. The predicted octanol–water partition coefficient (Wildman–Crippen LogP) is 1.72. The zero-order valence-corrected chi connectivity index (χ0v) is 13.0. The third-order valence-electron chi connectivity index (χ3n) is 4.67. The summed E-state index contributed by atoms with van der Waals surface area (Å²) in [6.45, 7) is 3.09. The summed E-state index contributed by atoms with van der Waals surface area (Å²) in [6.07, 6.45) is 3.42. The highest BCUT2D eigenvalue weighted by Crippen LogP contribution is 2.29. The average Bonchev–Trinajstić information content (AvgIpc) is 2.53. The Balaban J connectivity index is 1.64. The zero-order valence-electron chi connectivity index (χ0n) is 13.0. The van der Waals surface area contributed by atoms with Crippen LogP contribution in [0.2, 0.25) is 0 Å². The Kier molecular flexibility index (Phi) is 4.64. The summed E-state index contributed by atoms with van der Waals surface area (Å²) < 4.78 is 11.0. The molecule has 4 atom stereocenters. The third kappa shape index (κ3) is 3.25. The number of fused-ring (bicyclic) bond motifs is 2. The van der Waals surface area contributed by atoms with Crippen LogP contribution in [0, 0.1) is 5.92 Å². The second-order valence-corrected chi connectivity index (χ2v) is 6.28. The van der Waals surface area contributed by atoms with Crippen LogP contribution in [-0.4, -0.2) is 43.7 Å². The number of hydrogen-bond acceptors (Lipinski definition) is 5. The van der Waals surface area contributed by atoms with Gasteiger partial charge in [0, 0.05) is 18.7 Å². The van der Waals surface area contributed by atoms with Crippen molar-refractivity contribution in [1.29, 1.82) is 0 Å². The van der Waals surface area contributed by atoms with Crippen LogP contribution in [0.5, 0.6) is 5.75 Å². The van der Waals surface area contributed by atoms with Crippen molar-refractivity contribution in [3.63, 3.8) is 0 Å². The highest BCUT2D eigenvalue weighted by atomic mass is 16.5. The maximum atomic E-state index is 12.4. The minimum Gasteiger partial charge on any atom is -0.496 e. The lowest BCUT2D eigenvalue weighted by Gasteiger charge is -2.41. The normalized spacial score (nSPS) is 28.7. The first-order valence-electron chi connectivity index (χ1n) is 7.98. The Morgan fingerprint density at radius 3 is 2.95 bits per heavy atom. The molecule has 1 aromatic carbocycles. The van der Waals surface area contributed by atoms with Crippen molar-refractivity contribution in [1.82, 2.24) is 4.90 Å². The van der Waals surface area contributed by atoms with Crippen LogP contribution in [0.4, 0.5) is 0 Å². The quantitative estimate of drug-likeness (QED) is 0.858. The van der Waals surface area contributed by atoms with Crippen LogP contribution in [0.15, 0.2) is 24.3 Å². The molecule has 5 heteroatoms. The van der Waals surface area contributed by atoms with Gasteiger partial charge in [-0.15, -0.1) is 0 Å². The molecule has 120 valence electrons. The molecule has 2 bridgehead atoms. The van der Waals surface area contributed by atoms with E-state index in [1.54, 1.807) is 13.2 Å². The monoisotopic (exact) mass is 304 g/mol. The van der Waals surface area contributed by atoms with Gasteiger partial charge in [0.1, 0.15) is 17.9 Å². The van der Waals surface area contributed by atoms with Crippen molar-refractivity contribution in [2.75, 3.05) is 26.7 Å². The van der Waals surface area contributed by atoms with E-state index >= 15 is 0 Å². The molecule has 0 aliphatic carbocycles. The molecule has 22 heavy (non-hydrogen) atoms. The number of piperidine rings is 2. The molecule has 0 radical (unpaired) electrons. The molecule has 2 aliphatic rings. The summed E-state index contributed by atoms with van der Waals surface area (Å²) in [4.78, 5) is 14.8. The lowest BCUT2D eigenvalue weighted by Crippen LogP contribution is -2.48. The van der Waals surface area contributed by atoms with Gasteiger partial charge < -0.3 is 15.2 Å². The number of carbonyl (C=O) groups excluding carboxylic acids is 1. The van der Waals surface area contributed by atoms with Crippen molar-refractivity contribution in [2.45, 2.75) is 31.4 Å². The fourth-order valence-electron chi connectivity index (χ4n) is 3.62. The predicted molar refractivity (Wildman–Crippen MR) is 83.6 cm³/mol. The van der Waals surface area contributed by atoms with E-state index in [0.717, 1.165) is 26.1 Å².